The molecule has 8 heteroatoms. The van der Waals surface area contributed by atoms with Crippen LogP contribution in [0.1, 0.15) is 18.0 Å². The molecule has 136 valence electrons. The lowest BCUT2D eigenvalue weighted by Crippen LogP contribution is -2.44. The molecule has 0 aromatic heterocycles. The van der Waals surface area contributed by atoms with E-state index in [1.165, 1.54) is 0 Å². The smallest absolute Gasteiger partial charge is 0.326 e. The summed E-state index contributed by atoms with van der Waals surface area (Å²) >= 11 is 12.5. The van der Waals surface area contributed by atoms with E-state index >= 15 is 0 Å². The number of hydrogen-bond acceptors (Lipinski definition) is 4. The fourth-order valence-electron chi connectivity index (χ4n) is 3.25. The quantitative estimate of drug-likeness (QED) is 0.723. The van der Waals surface area contributed by atoms with Crippen molar-refractivity contribution in [3.05, 3.63) is 58.1 Å². The maximum absolute atomic E-state index is 11.7. The van der Waals surface area contributed by atoms with Crippen LogP contribution in [0, 0.1) is 0 Å². The third-order valence-electron chi connectivity index (χ3n) is 4.30. The molecule has 0 saturated heterocycles. The third-order valence-corrected chi connectivity index (χ3v) is 4.84. The topological polar surface area (TPSA) is 95.7 Å². The van der Waals surface area contributed by atoms with E-state index in [9.17, 15) is 14.7 Å². The molecule has 0 aliphatic carbocycles. The number of amides is 1. The Morgan fingerprint density at radius 3 is 2.54 bits per heavy atom. The van der Waals surface area contributed by atoms with E-state index < -0.39 is 24.0 Å². The van der Waals surface area contributed by atoms with Crippen molar-refractivity contribution < 1.29 is 14.7 Å². The van der Waals surface area contributed by atoms with Crippen molar-refractivity contribution >= 4 is 46.5 Å². The van der Waals surface area contributed by atoms with Crippen molar-refractivity contribution in [2.24, 2.45) is 5.73 Å². The Morgan fingerprint density at radius 1 is 1.23 bits per heavy atom. The molecule has 0 unspecified atom stereocenters. The predicted molar refractivity (Wildman–Crippen MR) is 102 cm³/mol. The minimum atomic E-state index is -0.996. The summed E-state index contributed by atoms with van der Waals surface area (Å²) in [6.07, 6.45) is 0.214. The lowest BCUT2D eigenvalue weighted by Gasteiger charge is -2.40. The minimum absolute atomic E-state index is 0.0700. The van der Waals surface area contributed by atoms with Gasteiger partial charge in [-0.05, 0) is 24.3 Å². The number of nitrogens with one attached hydrogen (secondary N) is 1. The Balaban J connectivity index is 2.13. The molecule has 2 aromatic carbocycles. The van der Waals surface area contributed by atoms with Gasteiger partial charge in [0.2, 0.25) is 5.91 Å². The van der Waals surface area contributed by atoms with Gasteiger partial charge in [-0.1, -0.05) is 41.4 Å². The second kappa shape index (κ2) is 7.43. The number of fused-ring (bicyclic) bond motifs is 1. The SMILES string of the molecule is NC(=O)CN(c1ccccc1)[C@H]1C[C@H](C(=O)O)Nc2cc(Cl)cc(Cl)c21. The van der Waals surface area contributed by atoms with E-state index in [0.29, 0.717) is 21.3 Å². The van der Waals surface area contributed by atoms with Crippen LogP contribution in [-0.2, 0) is 9.59 Å². The van der Waals surface area contributed by atoms with E-state index in [0.717, 1.165) is 5.69 Å². The van der Waals surface area contributed by atoms with Crippen molar-refractivity contribution in [3.63, 3.8) is 0 Å². The number of carboxylic acids is 1. The van der Waals surface area contributed by atoms with Gasteiger partial charge in [-0.25, -0.2) is 4.79 Å². The van der Waals surface area contributed by atoms with Crippen molar-refractivity contribution in [1.82, 2.24) is 0 Å². The van der Waals surface area contributed by atoms with Crippen molar-refractivity contribution in [3.8, 4) is 0 Å². The van der Waals surface area contributed by atoms with Crippen LogP contribution < -0.4 is 16.0 Å². The van der Waals surface area contributed by atoms with Gasteiger partial charge in [-0.15, -0.1) is 0 Å². The fourth-order valence-corrected chi connectivity index (χ4v) is 3.86. The summed E-state index contributed by atoms with van der Waals surface area (Å²) in [4.78, 5) is 25.1. The average molecular weight is 394 g/mol. The Bertz CT molecular complexity index is 845. The molecule has 0 radical (unpaired) electrons. The standard InChI is InChI=1S/C18H17Cl2N3O3/c19-10-6-12(20)17-13(7-10)22-14(18(25)26)8-15(17)23(9-16(21)24)11-4-2-1-3-5-11/h1-7,14-15,22H,8-9H2,(H2,21,24)(H,25,26)/t14-,15+/m1/s1. The number of primary amides is 1. The first-order chi connectivity index (χ1) is 12.4. The predicted octanol–water partition coefficient (Wildman–Crippen LogP) is 3.30. The largest absolute Gasteiger partial charge is 0.480 e. The van der Waals surface area contributed by atoms with E-state index in [1.807, 2.05) is 30.3 Å². The summed E-state index contributed by atoms with van der Waals surface area (Å²) in [5, 5.41) is 13.3. The lowest BCUT2D eigenvalue weighted by atomic mass is 9.91. The van der Waals surface area contributed by atoms with Crippen LogP contribution in [0.2, 0.25) is 10.0 Å². The van der Waals surface area contributed by atoms with Crippen LogP contribution in [-0.4, -0.2) is 29.6 Å². The van der Waals surface area contributed by atoms with E-state index in [1.54, 1.807) is 17.0 Å². The molecule has 1 heterocycles. The summed E-state index contributed by atoms with van der Waals surface area (Å²) in [6.45, 7) is -0.0700. The molecule has 3 rings (SSSR count). The van der Waals surface area contributed by atoms with Crippen molar-refractivity contribution in [2.75, 3.05) is 16.8 Å². The molecule has 0 fully saturated rings. The van der Waals surface area contributed by atoms with Gasteiger partial charge in [0.15, 0.2) is 0 Å². The van der Waals surface area contributed by atoms with Crippen LogP contribution in [0.4, 0.5) is 11.4 Å². The third kappa shape index (κ3) is 3.71. The van der Waals surface area contributed by atoms with E-state index in [2.05, 4.69) is 5.32 Å². The molecule has 1 amide bonds. The van der Waals surface area contributed by atoms with Crippen LogP contribution in [0.15, 0.2) is 42.5 Å². The number of carbonyl (C=O) groups is 2. The zero-order valence-corrected chi connectivity index (χ0v) is 15.2. The Labute approximate surface area is 160 Å². The monoisotopic (exact) mass is 393 g/mol. The first kappa shape index (κ1) is 18.4. The first-order valence-electron chi connectivity index (χ1n) is 7.95. The molecule has 0 bridgehead atoms. The number of carbonyl (C=O) groups excluding carboxylic acids is 1. The molecular weight excluding hydrogens is 377 g/mol. The Hall–Kier alpha value is -2.44. The second-order valence-electron chi connectivity index (χ2n) is 6.07. The van der Waals surface area contributed by atoms with Crippen LogP contribution in [0.3, 0.4) is 0 Å². The molecule has 0 saturated carbocycles. The summed E-state index contributed by atoms with van der Waals surface area (Å²) in [6, 6.07) is 11.1. The van der Waals surface area contributed by atoms with E-state index in [4.69, 9.17) is 28.9 Å². The normalized spacial score (nSPS) is 18.5. The van der Waals surface area contributed by atoms with Gasteiger partial charge in [0, 0.05) is 33.4 Å². The molecule has 26 heavy (non-hydrogen) atoms. The summed E-state index contributed by atoms with van der Waals surface area (Å²) < 4.78 is 0. The molecule has 2 aromatic rings. The number of carboxylic acid groups (broad SMARTS) is 1. The molecule has 4 N–H and O–H groups in total. The van der Waals surface area contributed by atoms with Gasteiger partial charge >= 0.3 is 5.97 Å². The van der Waals surface area contributed by atoms with Gasteiger partial charge in [0.25, 0.3) is 0 Å². The minimum Gasteiger partial charge on any atom is -0.480 e. The molecule has 2 atom stereocenters. The molecule has 1 aliphatic rings. The number of benzene rings is 2. The maximum atomic E-state index is 11.7. The Kier molecular flexibility index (Phi) is 5.25. The number of rotatable bonds is 5. The second-order valence-corrected chi connectivity index (χ2v) is 6.91. The average Bonchev–Trinajstić information content (AvgIpc) is 2.59. The molecule has 6 nitrogen and oxygen atoms in total. The number of para-hydroxylation sites is 1. The Morgan fingerprint density at radius 2 is 1.92 bits per heavy atom. The molecule has 0 spiro atoms. The van der Waals surface area contributed by atoms with Crippen LogP contribution in [0.5, 0.6) is 0 Å². The highest BCUT2D eigenvalue weighted by molar-refractivity contribution is 6.35. The van der Waals surface area contributed by atoms with Gasteiger partial charge in [0.05, 0.1) is 12.6 Å². The fraction of sp³-hybridized carbons (Fsp3) is 0.222. The maximum Gasteiger partial charge on any atom is 0.326 e. The molecule has 1 aliphatic heterocycles. The highest BCUT2D eigenvalue weighted by Gasteiger charge is 2.36. The van der Waals surface area contributed by atoms with Gasteiger partial charge in [-0.2, -0.15) is 0 Å². The lowest BCUT2D eigenvalue weighted by molar-refractivity contribution is -0.138. The summed E-state index contributed by atoms with van der Waals surface area (Å²) in [7, 11) is 0. The van der Waals surface area contributed by atoms with E-state index in [-0.39, 0.29) is 13.0 Å². The first-order valence-corrected chi connectivity index (χ1v) is 8.70. The van der Waals surface area contributed by atoms with Crippen LogP contribution in [0.25, 0.3) is 0 Å². The van der Waals surface area contributed by atoms with Gasteiger partial charge < -0.3 is 21.1 Å². The number of anilines is 2. The number of aliphatic carboxylic acids is 1. The van der Waals surface area contributed by atoms with Crippen LogP contribution >= 0.6 is 23.2 Å². The number of nitrogens with zero attached hydrogens (tertiary/aromatic N) is 1. The highest BCUT2D eigenvalue weighted by atomic mass is 35.5. The van der Waals surface area contributed by atoms with Gasteiger partial charge in [0.1, 0.15) is 6.04 Å². The summed E-state index contributed by atoms with van der Waals surface area (Å²) in [5.41, 5.74) is 7.43. The zero-order valence-electron chi connectivity index (χ0n) is 13.7. The van der Waals surface area contributed by atoms with Crippen molar-refractivity contribution in [1.29, 1.82) is 0 Å². The number of hydrogen-bond donors (Lipinski definition) is 3. The highest BCUT2D eigenvalue weighted by Crippen LogP contribution is 2.44. The zero-order chi connectivity index (χ0) is 18.8. The summed E-state index contributed by atoms with van der Waals surface area (Å²) in [5.74, 6) is -1.52. The number of halogens is 2. The van der Waals surface area contributed by atoms with Gasteiger partial charge in [-0.3, -0.25) is 4.79 Å². The molecular formula is C18H17Cl2N3O3. The van der Waals surface area contributed by atoms with Crippen molar-refractivity contribution in [2.45, 2.75) is 18.5 Å². The number of nitrogens with two attached hydrogens (primary N) is 1.